The Balaban J connectivity index is 3.07. The summed E-state index contributed by atoms with van der Waals surface area (Å²) in [6.07, 6.45) is 5.85. The van der Waals surface area contributed by atoms with E-state index >= 15 is 0 Å². The van der Waals surface area contributed by atoms with Crippen LogP contribution in [0.3, 0.4) is 0 Å². The molecular formula is C7H15S. The molecular weight excluding hydrogens is 116 g/mol. The quantitative estimate of drug-likeness (QED) is 0.565. The van der Waals surface area contributed by atoms with Crippen LogP contribution < -0.4 is 0 Å². The molecule has 0 spiro atoms. The first kappa shape index (κ1) is 8.35. The summed E-state index contributed by atoms with van der Waals surface area (Å²) in [6.45, 7) is 6.08. The Hall–Kier alpha value is 0.350. The van der Waals surface area contributed by atoms with E-state index in [0.29, 0.717) is 0 Å². The Morgan fingerprint density at radius 2 is 2.25 bits per heavy atom. The van der Waals surface area contributed by atoms with Crippen LogP contribution in [0, 0.1) is 6.92 Å². The van der Waals surface area contributed by atoms with E-state index < -0.39 is 0 Å². The molecule has 0 amide bonds. The van der Waals surface area contributed by atoms with Crippen LogP contribution in [-0.2, 0) is 0 Å². The van der Waals surface area contributed by atoms with Gasteiger partial charge >= 0.3 is 0 Å². The largest absolute Gasteiger partial charge is 0.162 e. The van der Waals surface area contributed by atoms with E-state index in [1.165, 1.54) is 12.8 Å². The Kier molecular flexibility index (Phi) is 5.73. The van der Waals surface area contributed by atoms with Crippen LogP contribution in [0.5, 0.6) is 0 Å². The lowest BCUT2D eigenvalue weighted by atomic mass is 10.2. The third kappa shape index (κ3) is 3.36. The maximum Gasteiger partial charge on any atom is 0.00441 e. The maximum absolute atomic E-state index is 3.85. The fourth-order valence-electron chi connectivity index (χ4n) is 0.702. The molecule has 0 aromatic rings. The molecule has 1 radical (unpaired) electrons. The first-order valence-electron chi connectivity index (χ1n) is 3.17. The highest BCUT2D eigenvalue weighted by Gasteiger charge is 1.99. The van der Waals surface area contributed by atoms with Crippen molar-refractivity contribution in [1.29, 1.82) is 0 Å². The van der Waals surface area contributed by atoms with Crippen molar-refractivity contribution in [3.63, 3.8) is 0 Å². The Morgan fingerprint density at radius 1 is 1.62 bits per heavy atom. The second-order valence-corrected chi connectivity index (χ2v) is 3.07. The predicted octanol–water partition coefficient (Wildman–Crippen LogP) is 2.74. The van der Waals surface area contributed by atoms with Gasteiger partial charge in [-0.15, -0.1) is 0 Å². The highest BCUT2D eigenvalue weighted by Crippen LogP contribution is 2.15. The molecule has 0 aliphatic heterocycles. The zero-order valence-electron chi connectivity index (χ0n) is 5.81. The summed E-state index contributed by atoms with van der Waals surface area (Å²) in [4.78, 5) is 0. The summed E-state index contributed by atoms with van der Waals surface area (Å²) in [7, 11) is 0. The van der Waals surface area contributed by atoms with Crippen LogP contribution in [0.2, 0.25) is 0 Å². The summed E-state index contributed by atoms with van der Waals surface area (Å²) in [5, 5.41) is 0.806. The first-order valence-corrected chi connectivity index (χ1v) is 4.46. The number of thioether (sulfide) groups is 1. The molecule has 1 unspecified atom stereocenters. The van der Waals surface area contributed by atoms with Gasteiger partial charge in [0.1, 0.15) is 0 Å². The van der Waals surface area contributed by atoms with Crippen molar-refractivity contribution >= 4 is 11.8 Å². The van der Waals surface area contributed by atoms with Crippen LogP contribution in [0.4, 0.5) is 0 Å². The van der Waals surface area contributed by atoms with Gasteiger partial charge in [-0.3, -0.25) is 0 Å². The van der Waals surface area contributed by atoms with E-state index in [1.54, 1.807) is 0 Å². The van der Waals surface area contributed by atoms with Gasteiger partial charge in [-0.2, -0.15) is 11.8 Å². The average molecular weight is 131 g/mol. The minimum Gasteiger partial charge on any atom is -0.162 e. The zero-order valence-corrected chi connectivity index (χ0v) is 6.63. The summed E-state index contributed by atoms with van der Waals surface area (Å²) >= 11 is 1.93. The Bertz CT molecular complexity index is 39.7. The van der Waals surface area contributed by atoms with Gasteiger partial charge in [0.2, 0.25) is 0 Å². The molecule has 8 heavy (non-hydrogen) atoms. The fourth-order valence-corrected chi connectivity index (χ4v) is 1.41. The van der Waals surface area contributed by atoms with Crippen molar-refractivity contribution in [3.05, 3.63) is 6.92 Å². The van der Waals surface area contributed by atoms with E-state index in [4.69, 9.17) is 0 Å². The van der Waals surface area contributed by atoms with Crippen LogP contribution in [0.25, 0.3) is 0 Å². The molecule has 0 aromatic heterocycles. The number of rotatable bonds is 4. The SMILES string of the molecule is [CH2]CC(CCC)SC. The molecule has 1 atom stereocenters. The summed E-state index contributed by atoms with van der Waals surface area (Å²) in [5.74, 6) is 0. The van der Waals surface area contributed by atoms with E-state index in [2.05, 4.69) is 20.1 Å². The molecule has 0 saturated heterocycles. The first-order chi connectivity index (χ1) is 3.85. The Morgan fingerprint density at radius 3 is 2.38 bits per heavy atom. The Labute approximate surface area is 57.1 Å². The summed E-state index contributed by atoms with van der Waals surface area (Å²) < 4.78 is 0. The van der Waals surface area contributed by atoms with E-state index in [9.17, 15) is 0 Å². The highest BCUT2D eigenvalue weighted by molar-refractivity contribution is 7.99. The topological polar surface area (TPSA) is 0 Å². The smallest absolute Gasteiger partial charge is 0.00441 e. The average Bonchev–Trinajstić information content (AvgIpc) is 1.83. The van der Waals surface area contributed by atoms with Gasteiger partial charge in [-0.25, -0.2) is 0 Å². The normalized spacial score (nSPS) is 13.9. The van der Waals surface area contributed by atoms with Crippen molar-refractivity contribution < 1.29 is 0 Å². The van der Waals surface area contributed by atoms with Crippen molar-refractivity contribution in [3.8, 4) is 0 Å². The van der Waals surface area contributed by atoms with Gasteiger partial charge in [0, 0.05) is 5.25 Å². The molecule has 0 N–H and O–H groups in total. The molecule has 0 aromatic carbocycles. The molecule has 0 nitrogen and oxygen atoms in total. The van der Waals surface area contributed by atoms with Gasteiger partial charge in [-0.05, 0) is 19.1 Å². The molecule has 0 heterocycles. The number of hydrogen-bond donors (Lipinski definition) is 0. The molecule has 0 saturated carbocycles. The molecule has 0 aliphatic carbocycles. The van der Waals surface area contributed by atoms with Gasteiger partial charge < -0.3 is 0 Å². The molecule has 0 rings (SSSR count). The van der Waals surface area contributed by atoms with Gasteiger partial charge in [-0.1, -0.05) is 20.3 Å². The zero-order chi connectivity index (χ0) is 6.41. The van der Waals surface area contributed by atoms with Crippen LogP contribution >= 0.6 is 11.8 Å². The van der Waals surface area contributed by atoms with Crippen LogP contribution in [0.15, 0.2) is 0 Å². The second kappa shape index (κ2) is 5.49. The standard InChI is InChI=1S/C7H15S/c1-4-6-7(5-2)8-3/h7H,2,4-6H2,1,3H3. The molecule has 1 heteroatoms. The van der Waals surface area contributed by atoms with Crippen LogP contribution in [-0.4, -0.2) is 11.5 Å². The van der Waals surface area contributed by atoms with Crippen molar-refractivity contribution in [2.75, 3.05) is 6.26 Å². The highest BCUT2D eigenvalue weighted by atomic mass is 32.2. The van der Waals surface area contributed by atoms with Crippen molar-refractivity contribution in [2.24, 2.45) is 0 Å². The minimum absolute atomic E-state index is 0.806. The molecule has 49 valence electrons. The predicted molar refractivity (Wildman–Crippen MR) is 42.2 cm³/mol. The van der Waals surface area contributed by atoms with E-state index in [-0.39, 0.29) is 0 Å². The monoisotopic (exact) mass is 131 g/mol. The molecule has 0 bridgehead atoms. The second-order valence-electron chi connectivity index (χ2n) is 1.94. The number of hydrogen-bond acceptors (Lipinski definition) is 1. The van der Waals surface area contributed by atoms with E-state index in [0.717, 1.165) is 11.7 Å². The van der Waals surface area contributed by atoms with E-state index in [1.807, 2.05) is 11.8 Å². The van der Waals surface area contributed by atoms with Crippen LogP contribution in [0.1, 0.15) is 26.2 Å². The molecule has 0 aliphatic rings. The summed E-state index contributed by atoms with van der Waals surface area (Å²) in [5.41, 5.74) is 0. The third-order valence-electron chi connectivity index (χ3n) is 1.27. The third-order valence-corrected chi connectivity index (χ3v) is 2.40. The summed E-state index contributed by atoms with van der Waals surface area (Å²) in [6, 6.07) is 0. The van der Waals surface area contributed by atoms with Gasteiger partial charge in [0.25, 0.3) is 0 Å². The van der Waals surface area contributed by atoms with Crippen molar-refractivity contribution in [2.45, 2.75) is 31.4 Å². The molecule has 0 fully saturated rings. The lowest BCUT2D eigenvalue weighted by Gasteiger charge is -2.07. The lowest BCUT2D eigenvalue weighted by molar-refractivity contribution is 0.746. The lowest BCUT2D eigenvalue weighted by Crippen LogP contribution is -1.97. The van der Waals surface area contributed by atoms with Gasteiger partial charge in [0.05, 0.1) is 0 Å². The fraction of sp³-hybridized carbons (Fsp3) is 0.857. The maximum atomic E-state index is 3.85. The van der Waals surface area contributed by atoms with Crippen molar-refractivity contribution in [1.82, 2.24) is 0 Å². The van der Waals surface area contributed by atoms with Gasteiger partial charge in [0.15, 0.2) is 0 Å². The minimum atomic E-state index is 0.806.